The lowest BCUT2D eigenvalue weighted by molar-refractivity contribution is -0.116. The first kappa shape index (κ1) is 20.1. The second kappa shape index (κ2) is 7.81. The van der Waals surface area contributed by atoms with E-state index in [2.05, 4.69) is 26.9 Å². The molecule has 34 heavy (non-hydrogen) atoms. The molecular weight excluding hydrogens is 432 g/mol. The summed E-state index contributed by atoms with van der Waals surface area (Å²) in [5.74, 6) is 5.24. The number of carbonyl (C=O) groups is 2. The van der Waals surface area contributed by atoms with Crippen LogP contribution in [-0.4, -0.2) is 29.1 Å². The molecule has 1 aliphatic carbocycles. The van der Waals surface area contributed by atoms with E-state index in [9.17, 15) is 9.59 Å². The molecule has 2 aliphatic heterocycles. The summed E-state index contributed by atoms with van der Waals surface area (Å²) in [5, 5.41) is 8.58. The van der Waals surface area contributed by atoms with Crippen molar-refractivity contribution >= 4 is 23.4 Å². The highest BCUT2D eigenvalue weighted by Gasteiger charge is 2.59. The maximum atomic E-state index is 12.5. The Bertz CT molecular complexity index is 1380. The average molecular weight is 452 g/mol. The zero-order valence-corrected chi connectivity index (χ0v) is 18.0. The highest BCUT2D eigenvalue weighted by molar-refractivity contribution is 5.93. The normalized spacial score (nSPS) is 21.0. The molecule has 0 saturated heterocycles. The van der Waals surface area contributed by atoms with Crippen molar-refractivity contribution in [3.63, 3.8) is 0 Å². The fraction of sp³-hybridized carbons (Fsp3) is 0.192. The van der Waals surface area contributed by atoms with Gasteiger partial charge < -0.3 is 25.4 Å². The minimum atomic E-state index is -0.309. The van der Waals surface area contributed by atoms with Crippen molar-refractivity contribution in [2.24, 2.45) is 0 Å². The fourth-order valence-electron chi connectivity index (χ4n) is 4.56. The first-order valence-corrected chi connectivity index (χ1v) is 11.0. The summed E-state index contributed by atoms with van der Waals surface area (Å²) in [5.41, 5.74) is 3.21. The number of aromatic nitrogens is 1. The molecule has 3 aliphatic rings. The smallest absolute Gasteiger partial charge is 0.319 e. The van der Waals surface area contributed by atoms with Gasteiger partial charge in [-0.2, -0.15) is 0 Å². The Labute approximate surface area is 195 Å². The molecule has 1 fully saturated rings. The lowest BCUT2D eigenvalue weighted by Gasteiger charge is -2.19. The molecule has 3 N–H and O–H groups in total. The molecule has 3 atom stereocenters. The number of amides is 3. The predicted molar refractivity (Wildman–Crippen MR) is 125 cm³/mol. The van der Waals surface area contributed by atoms with Gasteiger partial charge in [0.15, 0.2) is 0 Å². The monoisotopic (exact) mass is 452 g/mol. The predicted octanol–water partition coefficient (Wildman–Crippen LogP) is 3.79. The molecule has 3 amide bonds. The van der Waals surface area contributed by atoms with Crippen molar-refractivity contribution in [3.8, 4) is 29.6 Å². The zero-order valence-electron chi connectivity index (χ0n) is 18.0. The van der Waals surface area contributed by atoms with Crippen molar-refractivity contribution in [2.45, 2.75) is 30.9 Å². The number of fused-ring (bicyclic) bond motifs is 4. The van der Waals surface area contributed by atoms with E-state index < -0.39 is 0 Å². The topological polar surface area (TPSA) is 102 Å². The van der Waals surface area contributed by atoms with Crippen LogP contribution in [0.25, 0.3) is 0 Å². The molecule has 8 heteroatoms. The van der Waals surface area contributed by atoms with Crippen LogP contribution >= 0.6 is 0 Å². The van der Waals surface area contributed by atoms with Gasteiger partial charge in [0.25, 0.3) is 0 Å². The van der Waals surface area contributed by atoms with Crippen LogP contribution in [-0.2, 0) is 11.2 Å². The molecule has 1 aromatic heterocycles. The first-order valence-electron chi connectivity index (χ1n) is 11.0. The van der Waals surface area contributed by atoms with Crippen LogP contribution in [0.15, 0.2) is 54.7 Å². The standard InChI is InChI=1S/C26H20N4O4/c1-2-14-4-3-5-15(12-14)28-26(32)30-23-22-18-13-16(6-8-19(18)34-24(22)23)33-20-10-11-27-25-17(20)7-9-21(31)29-25/h1,3-6,8,10-13,22-24H,7,9H2,(H,27,29,31)(H2,28,30,32)/t22-,23+,24-/m0/s1. The van der Waals surface area contributed by atoms with Gasteiger partial charge in [-0.05, 0) is 48.9 Å². The molecule has 8 nitrogen and oxygen atoms in total. The molecule has 0 unspecified atom stereocenters. The highest BCUT2D eigenvalue weighted by Crippen LogP contribution is 2.54. The third-order valence-corrected chi connectivity index (χ3v) is 6.24. The quantitative estimate of drug-likeness (QED) is 0.523. The molecule has 0 bridgehead atoms. The van der Waals surface area contributed by atoms with E-state index >= 15 is 0 Å². The number of hydrogen-bond acceptors (Lipinski definition) is 5. The van der Waals surface area contributed by atoms with E-state index in [4.69, 9.17) is 15.9 Å². The maximum Gasteiger partial charge on any atom is 0.319 e. The Hall–Kier alpha value is -4.51. The molecule has 3 aromatic rings. The maximum absolute atomic E-state index is 12.5. The molecule has 1 saturated carbocycles. The van der Waals surface area contributed by atoms with Gasteiger partial charge in [-0.1, -0.05) is 12.0 Å². The Morgan fingerprint density at radius 3 is 3.00 bits per heavy atom. The number of terminal acetylenes is 1. The van der Waals surface area contributed by atoms with Gasteiger partial charge >= 0.3 is 6.03 Å². The van der Waals surface area contributed by atoms with E-state index in [0.29, 0.717) is 41.4 Å². The highest BCUT2D eigenvalue weighted by atomic mass is 16.5. The van der Waals surface area contributed by atoms with Crippen molar-refractivity contribution in [1.29, 1.82) is 0 Å². The third kappa shape index (κ3) is 3.57. The SMILES string of the molecule is C#Cc1cccc(NC(=O)N[C@H]2[C@H]3Oc4ccc(Oc5ccnc6c5CCC(=O)N6)cc4[C@@H]23)c1. The number of anilines is 2. The Morgan fingerprint density at radius 2 is 2.12 bits per heavy atom. The largest absolute Gasteiger partial charge is 0.487 e. The molecule has 0 spiro atoms. The summed E-state index contributed by atoms with van der Waals surface area (Å²) in [6.45, 7) is 0. The Balaban J connectivity index is 1.14. The number of benzene rings is 2. The summed E-state index contributed by atoms with van der Waals surface area (Å²) in [7, 11) is 0. The van der Waals surface area contributed by atoms with Gasteiger partial charge in [-0.15, -0.1) is 6.42 Å². The summed E-state index contributed by atoms with van der Waals surface area (Å²) in [6, 6.07) is 14.2. The van der Waals surface area contributed by atoms with Crippen LogP contribution in [0.2, 0.25) is 0 Å². The summed E-state index contributed by atoms with van der Waals surface area (Å²) in [6.07, 6.45) is 7.92. The second-order valence-electron chi connectivity index (χ2n) is 8.44. The van der Waals surface area contributed by atoms with Crippen LogP contribution in [0.5, 0.6) is 17.2 Å². The zero-order chi connectivity index (χ0) is 23.2. The number of ether oxygens (including phenoxy) is 2. The van der Waals surface area contributed by atoms with Gasteiger partial charge in [-0.25, -0.2) is 9.78 Å². The van der Waals surface area contributed by atoms with E-state index in [1.54, 1.807) is 36.5 Å². The van der Waals surface area contributed by atoms with Crippen LogP contribution in [0.4, 0.5) is 16.3 Å². The minimum absolute atomic E-state index is 0.0436. The van der Waals surface area contributed by atoms with Crippen molar-refractivity contribution < 1.29 is 19.1 Å². The fourth-order valence-corrected chi connectivity index (χ4v) is 4.56. The van der Waals surface area contributed by atoms with Crippen LogP contribution in [0.3, 0.4) is 0 Å². The van der Waals surface area contributed by atoms with Crippen LogP contribution in [0, 0.1) is 12.3 Å². The van der Waals surface area contributed by atoms with Gasteiger partial charge in [0.1, 0.15) is 29.2 Å². The van der Waals surface area contributed by atoms with Crippen molar-refractivity contribution in [2.75, 3.05) is 10.6 Å². The molecule has 0 radical (unpaired) electrons. The lowest BCUT2D eigenvalue weighted by atomic mass is 10.1. The Morgan fingerprint density at radius 1 is 1.21 bits per heavy atom. The number of nitrogens with zero attached hydrogens (tertiary/aromatic N) is 1. The number of hydrogen-bond donors (Lipinski definition) is 3. The number of urea groups is 1. The van der Waals surface area contributed by atoms with Crippen LogP contribution < -0.4 is 25.4 Å². The minimum Gasteiger partial charge on any atom is -0.487 e. The lowest BCUT2D eigenvalue weighted by Crippen LogP contribution is -2.34. The Kier molecular flexibility index (Phi) is 4.62. The van der Waals surface area contributed by atoms with Crippen LogP contribution in [0.1, 0.15) is 29.0 Å². The molecule has 2 aromatic carbocycles. The van der Waals surface area contributed by atoms with Gasteiger partial charge in [-0.3, -0.25) is 4.79 Å². The number of rotatable bonds is 4. The molecule has 6 rings (SSSR count). The molecule has 3 heterocycles. The van der Waals surface area contributed by atoms with E-state index in [-0.39, 0.29) is 30.0 Å². The molecular formula is C26H20N4O4. The van der Waals surface area contributed by atoms with Gasteiger partial charge in [0.05, 0.1) is 12.0 Å². The van der Waals surface area contributed by atoms with Gasteiger partial charge in [0, 0.05) is 35.0 Å². The number of pyridine rings is 1. The van der Waals surface area contributed by atoms with E-state index in [1.165, 1.54) is 0 Å². The number of carbonyl (C=O) groups excluding carboxylic acids is 2. The van der Waals surface area contributed by atoms with E-state index in [0.717, 1.165) is 16.9 Å². The summed E-state index contributed by atoms with van der Waals surface area (Å²) < 4.78 is 12.2. The first-order chi connectivity index (χ1) is 16.6. The third-order valence-electron chi connectivity index (χ3n) is 6.24. The summed E-state index contributed by atoms with van der Waals surface area (Å²) >= 11 is 0. The van der Waals surface area contributed by atoms with Gasteiger partial charge in [0.2, 0.25) is 5.91 Å². The molecule has 168 valence electrons. The number of nitrogens with one attached hydrogen (secondary N) is 3. The second-order valence-corrected chi connectivity index (χ2v) is 8.44. The van der Waals surface area contributed by atoms with E-state index in [1.807, 2.05) is 18.2 Å². The average Bonchev–Trinajstić information content (AvgIpc) is 3.35. The summed E-state index contributed by atoms with van der Waals surface area (Å²) in [4.78, 5) is 28.4. The van der Waals surface area contributed by atoms with Crippen molar-refractivity contribution in [1.82, 2.24) is 10.3 Å². The van der Waals surface area contributed by atoms with Crippen molar-refractivity contribution in [3.05, 3.63) is 71.4 Å².